The van der Waals surface area contributed by atoms with Crippen LogP contribution in [0.1, 0.15) is 41.8 Å². The van der Waals surface area contributed by atoms with Crippen LogP contribution in [0.4, 0.5) is 11.4 Å². The van der Waals surface area contributed by atoms with Crippen molar-refractivity contribution in [1.82, 2.24) is 14.9 Å². The van der Waals surface area contributed by atoms with E-state index in [0.29, 0.717) is 72.8 Å². The summed E-state index contributed by atoms with van der Waals surface area (Å²) in [5, 5.41) is 10.6. The van der Waals surface area contributed by atoms with Crippen molar-refractivity contribution in [1.29, 1.82) is 5.26 Å². The van der Waals surface area contributed by atoms with Gasteiger partial charge in [-0.05, 0) is 92.6 Å². The first kappa shape index (κ1) is 34.0. The van der Waals surface area contributed by atoms with Crippen LogP contribution < -0.4 is 18.7 Å². The third kappa shape index (κ3) is 5.44. The molecule has 1 fully saturated rings. The number of sulfonamides is 1. The van der Waals surface area contributed by atoms with Crippen LogP contribution in [-0.4, -0.2) is 69.1 Å². The van der Waals surface area contributed by atoms with Gasteiger partial charge in [0.2, 0.25) is 0 Å². The molecule has 1 unspecified atom stereocenters. The fourth-order valence-corrected chi connectivity index (χ4v) is 9.02. The number of carbonyl (C=O) groups is 1. The number of nitrogens with zero attached hydrogens (tertiary/aromatic N) is 6. The molecule has 0 spiro atoms. The molecule has 3 aromatic carbocycles. The van der Waals surface area contributed by atoms with Crippen LogP contribution in [0.15, 0.2) is 90.1 Å². The summed E-state index contributed by atoms with van der Waals surface area (Å²) in [7, 11) is -3.08. The smallest absolute Gasteiger partial charge is 0.273 e. The predicted octanol–water partition coefficient (Wildman–Crippen LogP) is 5.58. The highest BCUT2D eigenvalue weighted by atomic mass is 32.2. The zero-order chi connectivity index (χ0) is 35.9. The molecular formula is C39H38N6O5S. The van der Waals surface area contributed by atoms with Crippen LogP contribution in [0, 0.1) is 18.3 Å². The van der Waals surface area contributed by atoms with Crippen LogP contribution in [0.25, 0.3) is 10.9 Å². The van der Waals surface area contributed by atoms with Crippen LogP contribution in [0.5, 0.6) is 11.5 Å². The van der Waals surface area contributed by atoms with E-state index < -0.39 is 21.5 Å². The van der Waals surface area contributed by atoms with Crippen LogP contribution >= 0.6 is 0 Å². The minimum Gasteiger partial charge on any atom is -0.496 e. The largest absolute Gasteiger partial charge is 0.496 e. The number of hydrogen-bond donors (Lipinski definition) is 0. The number of aryl methyl sites for hydroxylation is 2. The maximum absolute atomic E-state index is 15.7. The number of benzene rings is 3. The summed E-state index contributed by atoms with van der Waals surface area (Å²) in [6.07, 6.45) is 3.97. The number of pyridine rings is 2. The van der Waals surface area contributed by atoms with Crippen molar-refractivity contribution < 1.29 is 22.7 Å². The first-order chi connectivity index (χ1) is 24.7. The number of nitriles is 1. The highest BCUT2D eigenvalue weighted by Crippen LogP contribution is 2.53. The van der Waals surface area contributed by atoms with Crippen molar-refractivity contribution in [2.24, 2.45) is 0 Å². The van der Waals surface area contributed by atoms with E-state index in [9.17, 15) is 5.26 Å². The molecule has 260 valence electrons. The van der Waals surface area contributed by atoms with Crippen molar-refractivity contribution in [3.8, 4) is 17.6 Å². The van der Waals surface area contributed by atoms with Crippen molar-refractivity contribution in [3.63, 3.8) is 0 Å². The molecular weight excluding hydrogens is 665 g/mol. The molecule has 1 atom stereocenters. The fourth-order valence-electron chi connectivity index (χ4n) is 7.41. The first-order valence-corrected chi connectivity index (χ1v) is 18.4. The average molecular weight is 703 g/mol. The summed E-state index contributed by atoms with van der Waals surface area (Å²) in [6, 6.07) is 23.2. The van der Waals surface area contributed by atoms with E-state index in [1.54, 1.807) is 42.6 Å². The number of ether oxygens (including phenoxy) is 2. The standard InChI is InChI=1S/C39H38N6O5S/c1-5-27-10-12-35(50-6-2)32(23-27)39(44-20-18-43(19-21-44)29-15-17-41-26(3)22-29)31-24-28(25-40)9-11-33(31)45(38(39)46)51(47,48)36-14-13-34(49-4)30-8-7-16-42-37(30)36/h7-17,22-24H,5-6,18-21H2,1-4H3. The topological polar surface area (TPSA) is 129 Å². The Morgan fingerprint density at radius 1 is 0.902 bits per heavy atom. The molecule has 1 saturated heterocycles. The monoisotopic (exact) mass is 702 g/mol. The molecule has 2 aliphatic rings. The van der Waals surface area contributed by atoms with Gasteiger partial charge in [-0.1, -0.05) is 13.0 Å². The van der Waals surface area contributed by atoms with E-state index in [-0.39, 0.29) is 16.1 Å². The van der Waals surface area contributed by atoms with E-state index in [4.69, 9.17) is 9.47 Å². The summed E-state index contributed by atoms with van der Waals surface area (Å²) in [6.45, 7) is 8.11. The Morgan fingerprint density at radius 2 is 1.69 bits per heavy atom. The lowest BCUT2D eigenvalue weighted by molar-refractivity contribution is -0.127. The molecule has 0 aliphatic carbocycles. The molecule has 0 bridgehead atoms. The quantitative estimate of drug-likeness (QED) is 0.192. The maximum Gasteiger partial charge on any atom is 0.273 e. The third-order valence-corrected chi connectivity index (χ3v) is 11.5. The summed E-state index contributed by atoms with van der Waals surface area (Å²) in [5.41, 5.74) is 2.82. The number of rotatable bonds is 9. The highest BCUT2D eigenvalue weighted by Gasteiger charge is 2.61. The molecule has 12 heteroatoms. The van der Waals surface area contributed by atoms with Gasteiger partial charge in [0.25, 0.3) is 15.9 Å². The number of carbonyl (C=O) groups excluding carboxylic acids is 1. The van der Waals surface area contributed by atoms with Gasteiger partial charge >= 0.3 is 0 Å². The van der Waals surface area contributed by atoms with Gasteiger partial charge in [0.05, 0.1) is 36.6 Å². The summed E-state index contributed by atoms with van der Waals surface area (Å²) < 4.78 is 42.8. The SMILES string of the molecule is CCOc1ccc(CC)cc1C1(N2CCN(c3ccnc(C)c3)CC2)C(=O)N(S(=O)(=O)c2ccc(OC)c3cccnc23)c2ccc(C#N)cc21. The summed E-state index contributed by atoms with van der Waals surface area (Å²) >= 11 is 0. The van der Waals surface area contributed by atoms with E-state index in [1.165, 1.54) is 19.4 Å². The average Bonchev–Trinajstić information content (AvgIpc) is 3.42. The van der Waals surface area contributed by atoms with E-state index in [2.05, 4.69) is 25.8 Å². The molecule has 2 aliphatic heterocycles. The molecule has 5 aromatic rings. The maximum atomic E-state index is 15.7. The molecule has 51 heavy (non-hydrogen) atoms. The predicted molar refractivity (Wildman–Crippen MR) is 195 cm³/mol. The number of fused-ring (bicyclic) bond motifs is 2. The molecule has 7 rings (SSSR count). The van der Waals surface area contributed by atoms with Gasteiger partial charge in [-0.3, -0.25) is 19.7 Å². The number of anilines is 2. The second kappa shape index (κ2) is 13.3. The normalized spacial score (nSPS) is 17.7. The van der Waals surface area contributed by atoms with E-state index in [1.807, 2.05) is 51.1 Å². The van der Waals surface area contributed by atoms with Gasteiger partial charge in [0.1, 0.15) is 16.4 Å². The molecule has 11 nitrogen and oxygen atoms in total. The number of amides is 1. The fraction of sp³-hybridized carbons (Fsp3) is 0.282. The van der Waals surface area contributed by atoms with Crippen molar-refractivity contribution in [2.45, 2.75) is 37.6 Å². The first-order valence-electron chi connectivity index (χ1n) is 16.9. The molecule has 4 heterocycles. The lowest BCUT2D eigenvalue weighted by Gasteiger charge is -2.46. The lowest BCUT2D eigenvalue weighted by atomic mass is 9.79. The molecule has 2 aromatic heterocycles. The van der Waals surface area contributed by atoms with Crippen LogP contribution in [0.2, 0.25) is 0 Å². The number of hydrogen-bond acceptors (Lipinski definition) is 10. The molecule has 1 amide bonds. The lowest BCUT2D eigenvalue weighted by Crippen LogP contribution is -2.60. The van der Waals surface area contributed by atoms with Crippen molar-refractivity contribution >= 4 is 38.2 Å². The minimum atomic E-state index is -4.59. The van der Waals surface area contributed by atoms with E-state index in [0.717, 1.165) is 21.2 Å². The Bertz CT molecular complexity index is 2320. The number of methoxy groups -OCH3 is 1. The Kier molecular flexibility index (Phi) is 8.87. The van der Waals surface area contributed by atoms with Crippen LogP contribution in [0.3, 0.4) is 0 Å². The second-order valence-corrected chi connectivity index (χ2v) is 14.3. The van der Waals surface area contributed by atoms with Crippen molar-refractivity contribution in [2.75, 3.05) is 49.1 Å². The molecule has 0 N–H and O–H groups in total. The van der Waals surface area contributed by atoms with Gasteiger partial charge in [0, 0.05) is 66.5 Å². The third-order valence-electron chi connectivity index (χ3n) is 9.80. The molecule has 0 radical (unpaired) electrons. The number of piperazine rings is 1. The van der Waals surface area contributed by atoms with E-state index >= 15 is 13.2 Å². The molecule has 0 saturated carbocycles. The van der Waals surface area contributed by atoms with Crippen LogP contribution in [-0.2, 0) is 26.8 Å². The Hall–Kier alpha value is -5.51. The Labute approximate surface area is 297 Å². The summed E-state index contributed by atoms with van der Waals surface area (Å²) in [5.74, 6) is 0.257. The number of aromatic nitrogens is 2. The minimum absolute atomic E-state index is 0.136. The van der Waals surface area contributed by atoms with Crippen molar-refractivity contribution in [3.05, 3.63) is 113 Å². The zero-order valence-corrected chi connectivity index (χ0v) is 29.8. The van der Waals surface area contributed by atoms with Gasteiger partial charge < -0.3 is 14.4 Å². The Balaban J connectivity index is 1.48. The summed E-state index contributed by atoms with van der Waals surface area (Å²) in [4.78, 5) is 28.7. The zero-order valence-electron chi connectivity index (χ0n) is 29.0. The van der Waals surface area contributed by atoms with Gasteiger partial charge in [-0.2, -0.15) is 5.26 Å². The van der Waals surface area contributed by atoms with Gasteiger partial charge in [-0.25, -0.2) is 12.7 Å². The van der Waals surface area contributed by atoms with Gasteiger partial charge in [-0.15, -0.1) is 0 Å². The Morgan fingerprint density at radius 3 is 2.39 bits per heavy atom. The van der Waals surface area contributed by atoms with Gasteiger partial charge in [0.15, 0.2) is 5.54 Å². The highest BCUT2D eigenvalue weighted by molar-refractivity contribution is 7.93. The second-order valence-electron chi connectivity index (χ2n) is 12.5.